The Balaban J connectivity index is 0.00000218. The van der Waals surface area contributed by atoms with E-state index in [1.165, 1.54) is 12.1 Å². The zero-order chi connectivity index (χ0) is 22.8. The molecule has 0 radical (unpaired) electrons. The van der Waals surface area contributed by atoms with Gasteiger partial charge in [0.05, 0.1) is 6.04 Å². The molecule has 5 nitrogen and oxygen atoms in total. The van der Waals surface area contributed by atoms with Crippen LogP contribution in [0, 0.1) is 11.7 Å². The molecule has 6 heteroatoms. The van der Waals surface area contributed by atoms with Gasteiger partial charge in [0.1, 0.15) is 17.5 Å². The third-order valence-corrected chi connectivity index (χ3v) is 5.02. The Labute approximate surface area is 179 Å². The molecule has 0 saturated carbocycles. The zero-order valence-electron chi connectivity index (χ0n) is 18.7. The largest absolute Gasteiger partial charge is 0.383 e. The van der Waals surface area contributed by atoms with E-state index in [1.54, 1.807) is 18.2 Å². The van der Waals surface area contributed by atoms with Crippen LogP contribution < -0.4 is 5.32 Å². The van der Waals surface area contributed by atoms with Crippen molar-refractivity contribution in [3.05, 3.63) is 59.6 Å². The number of benzene rings is 1. The van der Waals surface area contributed by atoms with E-state index in [0.717, 1.165) is 5.56 Å². The van der Waals surface area contributed by atoms with Crippen LogP contribution in [0.1, 0.15) is 53.0 Å². The fourth-order valence-corrected chi connectivity index (χ4v) is 3.67. The van der Waals surface area contributed by atoms with Crippen molar-refractivity contribution in [1.29, 1.82) is 0 Å². The van der Waals surface area contributed by atoms with Crippen molar-refractivity contribution < 1.29 is 19.1 Å². The van der Waals surface area contributed by atoms with Gasteiger partial charge < -0.3 is 15.3 Å². The molecule has 166 valence electrons. The highest BCUT2D eigenvalue weighted by Gasteiger charge is 2.43. The van der Waals surface area contributed by atoms with Gasteiger partial charge in [-0.1, -0.05) is 52.8 Å². The molecular formula is C24H35FN2O3. The van der Waals surface area contributed by atoms with Gasteiger partial charge in [0.2, 0.25) is 5.78 Å². The van der Waals surface area contributed by atoms with Gasteiger partial charge in [0.15, 0.2) is 0 Å². The van der Waals surface area contributed by atoms with Crippen molar-refractivity contribution in [2.24, 2.45) is 5.92 Å². The van der Waals surface area contributed by atoms with Gasteiger partial charge in [-0.15, -0.1) is 6.58 Å². The topological polar surface area (TPSA) is 69.6 Å². The summed E-state index contributed by atoms with van der Waals surface area (Å²) in [7, 11) is 0. The van der Waals surface area contributed by atoms with E-state index in [-0.39, 0.29) is 29.9 Å². The Kier molecular flexibility index (Phi) is 10.5. The first-order valence-electron chi connectivity index (χ1n) is 10.7. The highest BCUT2D eigenvalue weighted by molar-refractivity contribution is 6.22. The lowest BCUT2D eigenvalue weighted by Gasteiger charge is -2.44. The van der Waals surface area contributed by atoms with Crippen LogP contribution in [-0.4, -0.2) is 40.4 Å². The van der Waals surface area contributed by atoms with Crippen molar-refractivity contribution in [2.45, 2.75) is 66.2 Å². The molecule has 0 bridgehead atoms. The van der Waals surface area contributed by atoms with Gasteiger partial charge in [-0.05, 0) is 36.5 Å². The highest BCUT2D eigenvalue weighted by Crippen LogP contribution is 2.31. The van der Waals surface area contributed by atoms with Crippen molar-refractivity contribution in [2.75, 3.05) is 6.54 Å². The van der Waals surface area contributed by atoms with Gasteiger partial charge in [-0.2, -0.15) is 0 Å². The summed E-state index contributed by atoms with van der Waals surface area (Å²) in [6, 6.07) is 5.41. The van der Waals surface area contributed by atoms with Crippen LogP contribution in [0.25, 0.3) is 0 Å². The van der Waals surface area contributed by atoms with E-state index in [2.05, 4.69) is 11.9 Å². The number of hydrogen-bond acceptors (Lipinski definition) is 4. The maximum atomic E-state index is 13.0. The molecule has 1 amide bonds. The quantitative estimate of drug-likeness (QED) is 0.495. The standard InChI is InChI=1S/C22H29FN2O3.C2H6/c1-5-7-12-25-17(6-2)18(20(26)21(27)19(25)14(3)4)22(28)24-13-15-8-10-16(23)11-9-15;1-2/h5,8-11,14,19,21,27H,1,6-7,12-13H2,2-4H3,(H,24,28);1-2H3. The van der Waals surface area contributed by atoms with E-state index >= 15 is 0 Å². The average molecular weight is 419 g/mol. The summed E-state index contributed by atoms with van der Waals surface area (Å²) in [5.41, 5.74) is 1.38. The first-order valence-corrected chi connectivity index (χ1v) is 10.7. The van der Waals surface area contributed by atoms with Gasteiger partial charge in [0, 0.05) is 18.8 Å². The van der Waals surface area contributed by atoms with Crippen LogP contribution in [0.4, 0.5) is 4.39 Å². The fraction of sp³-hybridized carbons (Fsp3) is 0.500. The number of aliphatic hydroxyl groups is 1. The van der Waals surface area contributed by atoms with E-state index in [0.29, 0.717) is 25.1 Å². The Morgan fingerprint density at radius 1 is 1.30 bits per heavy atom. The molecule has 0 fully saturated rings. The number of carbonyl (C=O) groups excluding carboxylic acids is 2. The number of allylic oxidation sites excluding steroid dienone is 1. The van der Waals surface area contributed by atoms with E-state index in [9.17, 15) is 19.1 Å². The molecule has 2 atom stereocenters. The first kappa shape index (κ1) is 25.6. The Morgan fingerprint density at radius 2 is 1.90 bits per heavy atom. The summed E-state index contributed by atoms with van der Waals surface area (Å²) < 4.78 is 13.0. The van der Waals surface area contributed by atoms with Crippen LogP contribution >= 0.6 is 0 Å². The molecule has 1 aliphatic rings. The number of amides is 1. The normalized spacial score (nSPS) is 18.8. The van der Waals surface area contributed by atoms with Crippen LogP contribution in [0.3, 0.4) is 0 Å². The molecule has 1 aromatic carbocycles. The second-order valence-electron chi connectivity index (χ2n) is 7.30. The number of carbonyl (C=O) groups is 2. The van der Waals surface area contributed by atoms with E-state index in [4.69, 9.17) is 0 Å². The minimum atomic E-state index is -1.26. The monoisotopic (exact) mass is 418 g/mol. The summed E-state index contributed by atoms with van der Waals surface area (Å²) in [6.45, 7) is 14.3. The lowest BCUT2D eigenvalue weighted by atomic mass is 9.84. The SMILES string of the molecule is C=CCCN1C(CC)=C(C(=O)NCc2ccc(F)cc2)C(=O)C(O)C1C(C)C.CC. The Hall–Kier alpha value is -2.47. The maximum Gasteiger partial charge on any atom is 0.257 e. The predicted octanol–water partition coefficient (Wildman–Crippen LogP) is 3.98. The number of halogens is 1. The second-order valence-corrected chi connectivity index (χ2v) is 7.30. The van der Waals surface area contributed by atoms with Crippen LogP contribution in [0.2, 0.25) is 0 Å². The fourth-order valence-electron chi connectivity index (χ4n) is 3.67. The number of nitrogens with one attached hydrogen (secondary N) is 1. The average Bonchev–Trinajstić information content (AvgIpc) is 2.74. The predicted molar refractivity (Wildman–Crippen MR) is 118 cm³/mol. The summed E-state index contributed by atoms with van der Waals surface area (Å²) in [5.74, 6) is -1.37. The number of hydrogen-bond donors (Lipinski definition) is 2. The van der Waals surface area contributed by atoms with Gasteiger partial charge in [-0.25, -0.2) is 4.39 Å². The van der Waals surface area contributed by atoms with Gasteiger partial charge in [-0.3, -0.25) is 9.59 Å². The maximum absolute atomic E-state index is 13.0. The number of nitrogens with zero attached hydrogens (tertiary/aromatic N) is 1. The summed E-state index contributed by atoms with van der Waals surface area (Å²) in [5, 5.41) is 13.4. The molecule has 1 heterocycles. The summed E-state index contributed by atoms with van der Waals surface area (Å²) >= 11 is 0. The molecule has 2 unspecified atom stereocenters. The van der Waals surface area contributed by atoms with Crippen molar-refractivity contribution >= 4 is 11.7 Å². The zero-order valence-corrected chi connectivity index (χ0v) is 18.7. The summed E-state index contributed by atoms with van der Waals surface area (Å²) in [6.07, 6.45) is 1.70. The molecule has 0 spiro atoms. The number of Topliss-reactive ketones (excluding diaryl/α,β-unsaturated/α-hetero) is 1. The van der Waals surface area contributed by atoms with Crippen molar-refractivity contribution in [3.63, 3.8) is 0 Å². The highest BCUT2D eigenvalue weighted by atomic mass is 19.1. The Bertz CT molecular complexity index is 756. The molecule has 1 aliphatic heterocycles. The molecular weight excluding hydrogens is 383 g/mol. The lowest BCUT2D eigenvalue weighted by molar-refractivity contribution is -0.133. The smallest absolute Gasteiger partial charge is 0.257 e. The van der Waals surface area contributed by atoms with Crippen LogP contribution in [-0.2, 0) is 16.1 Å². The van der Waals surface area contributed by atoms with Crippen molar-refractivity contribution in [3.8, 4) is 0 Å². The van der Waals surface area contributed by atoms with E-state index < -0.39 is 17.8 Å². The summed E-state index contributed by atoms with van der Waals surface area (Å²) in [4.78, 5) is 27.7. The lowest BCUT2D eigenvalue weighted by Crippen LogP contribution is -2.56. The van der Waals surface area contributed by atoms with Crippen molar-refractivity contribution in [1.82, 2.24) is 10.2 Å². The molecule has 2 rings (SSSR count). The molecule has 0 aromatic heterocycles. The van der Waals surface area contributed by atoms with Crippen LogP contribution in [0.15, 0.2) is 48.2 Å². The molecule has 2 N–H and O–H groups in total. The van der Waals surface area contributed by atoms with Crippen LogP contribution in [0.5, 0.6) is 0 Å². The minimum Gasteiger partial charge on any atom is -0.383 e. The number of ketones is 1. The van der Waals surface area contributed by atoms with E-state index in [1.807, 2.05) is 39.5 Å². The molecule has 0 saturated heterocycles. The molecule has 0 aliphatic carbocycles. The molecule has 30 heavy (non-hydrogen) atoms. The number of aliphatic hydroxyl groups excluding tert-OH is 1. The third kappa shape index (κ3) is 6.02. The minimum absolute atomic E-state index is 0.0121. The number of rotatable bonds is 8. The third-order valence-electron chi connectivity index (χ3n) is 5.02. The second kappa shape index (κ2) is 12.3. The molecule has 1 aromatic rings. The van der Waals surface area contributed by atoms with Gasteiger partial charge in [0.25, 0.3) is 5.91 Å². The first-order chi connectivity index (χ1) is 14.3. The van der Waals surface area contributed by atoms with Gasteiger partial charge >= 0.3 is 0 Å². The Morgan fingerprint density at radius 3 is 2.40 bits per heavy atom.